The number of piperazine rings is 1. The van der Waals surface area contributed by atoms with Crippen LogP contribution < -0.4 is 15.8 Å². The highest BCUT2D eigenvalue weighted by Gasteiger charge is 2.36. The summed E-state index contributed by atoms with van der Waals surface area (Å²) in [6.45, 7) is 2.13. The Balaban J connectivity index is 0.00000165. The number of rotatable bonds is 4. The van der Waals surface area contributed by atoms with E-state index < -0.39 is 17.3 Å². The summed E-state index contributed by atoms with van der Waals surface area (Å²) in [4.78, 5) is 28.7. The van der Waals surface area contributed by atoms with Gasteiger partial charge in [0.05, 0.1) is 33.0 Å². The largest absolute Gasteiger partial charge is 0.418 e. The molecule has 1 aromatic carbocycles. The van der Waals surface area contributed by atoms with E-state index in [-0.39, 0.29) is 11.4 Å². The van der Waals surface area contributed by atoms with Crippen LogP contribution in [-0.2, 0) is 6.18 Å². The summed E-state index contributed by atoms with van der Waals surface area (Å²) < 4.78 is 44.2. The van der Waals surface area contributed by atoms with Gasteiger partial charge in [-0.05, 0) is 54.8 Å². The maximum absolute atomic E-state index is 14.3. The van der Waals surface area contributed by atoms with Crippen molar-refractivity contribution >= 4 is 39.4 Å². The third kappa shape index (κ3) is 5.63. The van der Waals surface area contributed by atoms with Gasteiger partial charge in [0, 0.05) is 68.4 Å². The molecule has 0 amide bonds. The summed E-state index contributed by atoms with van der Waals surface area (Å²) in [6, 6.07) is 14.4. The minimum absolute atomic E-state index is 0.106. The van der Waals surface area contributed by atoms with Crippen molar-refractivity contribution in [1.29, 1.82) is 0 Å². The number of nitrogens with one attached hydrogen (secondary N) is 1. The number of pyridine rings is 4. The molecule has 6 rings (SSSR count). The van der Waals surface area contributed by atoms with Crippen molar-refractivity contribution in [3.05, 3.63) is 82.9 Å². The average molecular weight is 581 g/mol. The molecule has 2 N–H and O–H groups in total. The van der Waals surface area contributed by atoms with Crippen LogP contribution in [0.25, 0.3) is 38.9 Å². The third-order valence-electron chi connectivity index (χ3n) is 6.81. The summed E-state index contributed by atoms with van der Waals surface area (Å²) in [7, 11) is 1.00. The number of alkyl halides is 3. The Kier molecular flexibility index (Phi) is 8.25. The number of thioether (sulfide) groups is 1. The minimum atomic E-state index is -4.60. The van der Waals surface area contributed by atoms with Crippen LogP contribution in [0.5, 0.6) is 0 Å². The lowest BCUT2D eigenvalue weighted by atomic mass is 10.1. The van der Waals surface area contributed by atoms with Gasteiger partial charge in [-0.1, -0.05) is 0 Å². The van der Waals surface area contributed by atoms with Crippen LogP contribution in [0.2, 0.25) is 0 Å². The van der Waals surface area contributed by atoms with Crippen LogP contribution in [0, 0.1) is 0 Å². The predicted molar refractivity (Wildman–Crippen MR) is 156 cm³/mol. The monoisotopic (exact) mass is 580 g/mol. The maximum Gasteiger partial charge on any atom is 0.418 e. The Bertz CT molecular complexity index is 1750. The first-order chi connectivity index (χ1) is 19.8. The number of hydrogen-bond donors (Lipinski definition) is 2. The number of aliphatic hydroxyl groups is 1. The molecule has 1 saturated heterocycles. The van der Waals surface area contributed by atoms with Crippen molar-refractivity contribution in [2.45, 2.75) is 11.2 Å². The molecule has 0 unspecified atom stereocenters. The number of aromatic nitrogens is 4. The summed E-state index contributed by atoms with van der Waals surface area (Å²) in [5.74, 6) is 0. The summed E-state index contributed by atoms with van der Waals surface area (Å²) in [5, 5.41) is 11.6. The van der Waals surface area contributed by atoms with E-state index in [1.807, 2.05) is 24.5 Å². The second-order valence-electron chi connectivity index (χ2n) is 9.16. The first-order valence-electron chi connectivity index (χ1n) is 12.8. The fourth-order valence-electron chi connectivity index (χ4n) is 4.91. The Morgan fingerprint density at radius 1 is 0.951 bits per heavy atom. The lowest BCUT2D eigenvalue weighted by Gasteiger charge is -2.31. The van der Waals surface area contributed by atoms with Crippen molar-refractivity contribution < 1.29 is 18.3 Å². The van der Waals surface area contributed by atoms with Gasteiger partial charge in [0.15, 0.2) is 0 Å². The normalized spacial score (nSPS) is 13.8. The van der Waals surface area contributed by atoms with Crippen LogP contribution >= 0.6 is 11.8 Å². The highest BCUT2D eigenvalue weighted by Crippen LogP contribution is 2.38. The molecule has 0 atom stereocenters. The van der Waals surface area contributed by atoms with Crippen LogP contribution in [0.1, 0.15) is 5.56 Å². The van der Waals surface area contributed by atoms with Crippen LogP contribution in [0.3, 0.4) is 0 Å². The minimum Gasteiger partial charge on any atom is -0.400 e. The number of fused-ring (bicyclic) bond motifs is 3. The smallest absolute Gasteiger partial charge is 0.400 e. The first kappa shape index (κ1) is 28.5. The fraction of sp³-hybridized carbons (Fsp3) is 0.241. The predicted octanol–water partition coefficient (Wildman–Crippen LogP) is 4.75. The molecular formula is C29H27F3N6O2S. The van der Waals surface area contributed by atoms with E-state index in [0.29, 0.717) is 53.8 Å². The summed E-state index contributed by atoms with van der Waals surface area (Å²) in [6.07, 6.45) is 0.656. The van der Waals surface area contributed by atoms with Crippen molar-refractivity contribution in [2.75, 3.05) is 44.4 Å². The van der Waals surface area contributed by atoms with Crippen molar-refractivity contribution in [3.63, 3.8) is 0 Å². The van der Waals surface area contributed by atoms with Gasteiger partial charge in [-0.25, -0.2) is 9.97 Å². The summed E-state index contributed by atoms with van der Waals surface area (Å²) in [5.41, 5.74) is 1.70. The zero-order chi connectivity index (χ0) is 29.1. The molecule has 0 radical (unpaired) electrons. The van der Waals surface area contributed by atoms with Gasteiger partial charge < -0.3 is 15.3 Å². The fourth-order valence-corrected chi connectivity index (χ4v) is 5.27. The average Bonchev–Trinajstić information content (AvgIpc) is 3.01. The number of benzene rings is 1. The molecule has 0 spiro atoms. The van der Waals surface area contributed by atoms with E-state index >= 15 is 0 Å². The van der Waals surface area contributed by atoms with Crippen molar-refractivity contribution in [3.8, 4) is 16.9 Å². The quantitative estimate of drug-likeness (QED) is 0.232. The molecule has 4 aromatic heterocycles. The van der Waals surface area contributed by atoms with Crippen LogP contribution in [-0.4, -0.2) is 64.2 Å². The molecule has 1 aliphatic heterocycles. The summed E-state index contributed by atoms with van der Waals surface area (Å²) >= 11 is 1.53. The molecular weight excluding hydrogens is 553 g/mol. The van der Waals surface area contributed by atoms with Gasteiger partial charge in [-0.3, -0.25) is 14.3 Å². The van der Waals surface area contributed by atoms with E-state index in [9.17, 15) is 18.0 Å². The SMILES string of the molecule is CO.CSc1ccc(-c2ccc3ncc4ccc(=O)n(-c5ccc(N6CCNCC6)c(C(F)(F)F)c5)c4c3n2)cn1. The molecule has 5 aromatic rings. The van der Waals surface area contributed by atoms with Gasteiger partial charge in [0.1, 0.15) is 5.52 Å². The van der Waals surface area contributed by atoms with Crippen molar-refractivity contribution in [1.82, 2.24) is 24.8 Å². The lowest BCUT2D eigenvalue weighted by Crippen LogP contribution is -2.44. The molecule has 0 bridgehead atoms. The number of hydrogen-bond acceptors (Lipinski definition) is 8. The van der Waals surface area contributed by atoms with E-state index in [4.69, 9.17) is 10.1 Å². The number of nitrogens with zero attached hydrogens (tertiary/aromatic N) is 5. The second kappa shape index (κ2) is 11.9. The molecule has 1 aliphatic rings. The Morgan fingerprint density at radius 3 is 2.41 bits per heavy atom. The second-order valence-corrected chi connectivity index (χ2v) is 9.99. The maximum atomic E-state index is 14.3. The molecule has 1 fully saturated rings. The van der Waals surface area contributed by atoms with Crippen molar-refractivity contribution in [2.24, 2.45) is 0 Å². The molecule has 212 valence electrons. The van der Waals surface area contributed by atoms with Gasteiger partial charge in [-0.2, -0.15) is 13.2 Å². The highest BCUT2D eigenvalue weighted by atomic mass is 32.2. The van der Waals surface area contributed by atoms with Gasteiger partial charge in [0.25, 0.3) is 5.56 Å². The molecule has 41 heavy (non-hydrogen) atoms. The van der Waals surface area contributed by atoms with Gasteiger partial charge in [-0.15, -0.1) is 11.8 Å². The zero-order valence-corrected chi connectivity index (χ0v) is 23.1. The molecule has 5 heterocycles. The van der Waals surface area contributed by atoms with E-state index in [0.717, 1.165) is 23.8 Å². The molecule has 0 saturated carbocycles. The standard InChI is InChI=1S/C28H23F3N6OS.CH4O/c1-39-24-8-2-17(15-34-24)21-5-6-22-26(35-21)27-18(16-33-22)3-9-25(38)37(27)19-4-7-23(20(14-19)28(29,30)31)36-12-10-32-11-13-36;1-2/h2-9,14-16,32H,10-13H2,1H3;2H,1H3. The molecule has 8 nitrogen and oxygen atoms in total. The Hall–Kier alpha value is -4.00. The Labute approximate surface area is 237 Å². The first-order valence-corrected chi connectivity index (χ1v) is 14.0. The lowest BCUT2D eigenvalue weighted by molar-refractivity contribution is -0.137. The number of aliphatic hydroxyl groups excluding tert-OH is 1. The van der Waals surface area contributed by atoms with E-state index in [1.165, 1.54) is 28.5 Å². The molecule has 12 heteroatoms. The Morgan fingerprint density at radius 2 is 1.73 bits per heavy atom. The van der Waals surface area contributed by atoms with Gasteiger partial charge >= 0.3 is 6.18 Å². The topological polar surface area (TPSA) is 96.2 Å². The number of halogens is 3. The zero-order valence-electron chi connectivity index (χ0n) is 22.3. The van der Waals surface area contributed by atoms with Gasteiger partial charge in [0.2, 0.25) is 0 Å². The van der Waals surface area contributed by atoms with Crippen LogP contribution in [0.4, 0.5) is 18.9 Å². The highest BCUT2D eigenvalue weighted by molar-refractivity contribution is 7.98. The molecule has 0 aliphatic carbocycles. The number of anilines is 1. The third-order valence-corrected chi connectivity index (χ3v) is 7.47. The van der Waals surface area contributed by atoms with E-state index in [1.54, 1.807) is 35.5 Å². The van der Waals surface area contributed by atoms with E-state index in [2.05, 4.69) is 15.3 Å². The van der Waals surface area contributed by atoms with Crippen LogP contribution in [0.15, 0.2) is 76.8 Å².